The van der Waals surface area contributed by atoms with Crippen LogP contribution in [0.25, 0.3) is 10.8 Å². The Labute approximate surface area is 154 Å². The Kier molecular flexibility index (Phi) is 5.99. The van der Waals surface area contributed by atoms with Crippen LogP contribution in [0.2, 0.25) is 0 Å². The first-order chi connectivity index (χ1) is 10.2. The average molecular weight is 322 g/mol. The number of hydrogen-bond acceptors (Lipinski definition) is 4. The number of anilines is 2. The van der Waals surface area contributed by atoms with Gasteiger partial charge < -0.3 is 15.5 Å². The molecule has 0 aromatic heterocycles. The van der Waals surface area contributed by atoms with E-state index in [2.05, 4.69) is 5.32 Å². The van der Waals surface area contributed by atoms with Crippen molar-refractivity contribution in [3.8, 4) is 5.75 Å². The van der Waals surface area contributed by atoms with Crippen LogP contribution in [0.5, 0.6) is 5.75 Å². The topological polar surface area (TPSA) is 61.4 Å². The van der Waals surface area contributed by atoms with Gasteiger partial charge in [0.2, 0.25) is 0 Å². The van der Waals surface area contributed by atoms with Gasteiger partial charge in [0.05, 0.1) is 5.69 Å². The van der Waals surface area contributed by atoms with Crippen molar-refractivity contribution in [3.63, 3.8) is 0 Å². The summed E-state index contributed by atoms with van der Waals surface area (Å²) < 4.78 is 26.6. The molecule has 0 amide bonds. The van der Waals surface area contributed by atoms with E-state index in [1.165, 1.54) is 0 Å². The van der Waals surface area contributed by atoms with Gasteiger partial charge in [-0.15, -0.1) is 0 Å². The standard InChI is InChI=1S/C16H13NO3S.Na.H/c18-21(19)20-15-11-5-7-12-6-4-10-14(16(12)15)17-13-8-2-1-3-9-13;;/h1-11,17H,(H,18,19);;/q;+1;-1/p-1. The van der Waals surface area contributed by atoms with Crippen LogP contribution < -0.4 is 39.1 Å². The van der Waals surface area contributed by atoms with Crippen LogP contribution in [0.1, 0.15) is 1.43 Å². The second kappa shape index (κ2) is 7.76. The van der Waals surface area contributed by atoms with Gasteiger partial charge in [-0.05, 0) is 29.7 Å². The van der Waals surface area contributed by atoms with Crippen molar-refractivity contribution >= 4 is 33.5 Å². The quantitative estimate of drug-likeness (QED) is 0.572. The predicted molar refractivity (Wildman–Crippen MR) is 84.3 cm³/mol. The molecule has 0 radical (unpaired) electrons. The van der Waals surface area contributed by atoms with Gasteiger partial charge in [-0.1, -0.05) is 42.5 Å². The summed E-state index contributed by atoms with van der Waals surface area (Å²) in [6.45, 7) is 0. The first-order valence-electron chi connectivity index (χ1n) is 6.35. The molecule has 0 spiro atoms. The molecule has 3 aromatic carbocycles. The summed E-state index contributed by atoms with van der Waals surface area (Å²) >= 11 is -2.61. The van der Waals surface area contributed by atoms with Crippen LogP contribution in [0.15, 0.2) is 66.7 Å². The summed E-state index contributed by atoms with van der Waals surface area (Å²) in [6, 6.07) is 20.7. The van der Waals surface area contributed by atoms with Crippen LogP contribution in [-0.4, -0.2) is 8.76 Å². The zero-order valence-electron chi connectivity index (χ0n) is 13.0. The molecular weight excluding hydrogens is 309 g/mol. The van der Waals surface area contributed by atoms with Crippen molar-refractivity contribution in [2.24, 2.45) is 0 Å². The molecule has 6 heteroatoms. The summed E-state index contributed by atoms with van der Waals surface area (Å²) in [5.41, 5.74) is 1.71. The molecule has 4 nitrogen and oxygen atoms in total. The van der Waals surface area contributed by atoms with E-state index < -0.39 is 11.4 Å². The van der Waals surface area contributed by atoms with Crippen molar-refractivity contribution in [1.29, 1.82) is 0 Å². The average Bonchev–Trinajstić information content (AvgIpc) is 2.48. The molecule has 3 aromatic rings. The molecule has 0 fully saturated rings. The Bertz CT molecular complexity index is 796. The Balaban J connectivity index is 0.00000132. The normalized spacial score (nSPS) is 11.5. The number of fused-ring (bicyclic) bond motifs is 1. The molecule has 22 heavy (non-hydrogen) atoms. The van der Waals surface area contributed by atoms with E-state index in [9.17, 15) is 8.76 Å². The molecule has 1 N–H and O–H groups in total. The molecule has 0 aliphatic rings. The molecule has 1 atom stereocenters. The van der Waals surface area contributed by atoms with E-state index >= 15 is 0 Å². The zero-order chi connectivity index (χ0) is 14.7. The molecule has 0 aliphatic carbocycles. The monoisotopic (exact) mass is 322 g/mol. The van der Waals surface area contributed by atoms with Crippen molar-refractivity contribution in [3.05, 3.63) is 66.7 Å². The Morgan fingerprint density at radius 2 is 1.64 bits per heavy atom. The van der Waals surface area contributed by atoms with Gasteiger partial charge in [0.15, 0.2) is 0 Å². The Morgan fingerprint density at radius 1 is 0.955 bits per heavy atom. The molecule has 0 heterocycles. The maximum Gasteiger partial charge on any atom is 1.00 e. The summed E-state index contributed by atoms with van der Waals surface area (Å²) in [5.74, 6) is 0.305. The predicted octanol–water partition coefficient (Wildman–Crippen LogP) is 0.873. The van der Waals surface area contributed by atoms with E-state index in [4.69, 9.17) is 4.18 Å². The second-order valence-corrected chi connectivity index (χ2v) is 5.01. The molecule has 0 aliphatic heterocycles. The van der Waals surface area contributed by atoms with Crippen LogP contribution >= 0.6 is 0 Å². The number of nitrogens with one attached hydrogen (secondary N) is 1. The van der Waals surface area contributed by atoms with Crippen molar-refractivity contribution in [2.45, 2.75) is 0 Å². The van der Waals surface area contributed by atoms with E-state index in [1.807, 2.05) is 54.6 Å². The number of para-hydroxylation sites is 1. The fourth-order valence-corrected chi connectivity index (χ4v) is 2.52. The van der Waals surface area contributed by atoms with Crippen LogP contribution in [-0.2, 0) is 11.4 Å². The smallest absolute Gasteiger partial charge is 1.00 e. The number of rotatable bonds is 4. The largest absolute Gasteiger partial charge is 1.00 e. The molecule has 0 bridgehead atoms. The van der Waals surface area contributed by atoms with Gasteiger partial charge in [-0.3, -0.25) is 0 Å². The molecule has 0 saturated heterocycles. The van der Waals surface area contributed by atoms with Crippen LogP contribution in [0, 0.1) is 0 Å². The SMILES string of the molecule is O=S([O-])Oc1cccc2cccc(Nc3ccccc3)c12.[H-].[Na+]. The van der Waals surface area contributed by atoms with E-state index in [0.717, 1.165) is 22.1 Å². The van der Waals surface area contributed by atoms with E-state index in [0.29, 0.717) is 5.75 Å². The maximum absolute atomic E-state index is 10.8. The van der Waals surface area contributed by atoms with Crippen molar-refractivity contribution in [2.75, 3.05) is 5.32 Å². The minimum Gasteiger partial charge on any atom is -1.00 e. The third-order valence-corrected chi connectivity index (χ3v) is 3.39. The fourth-order valence-electron chi connectivity index (χ4n) is 2.23. The van der Waals surface area contributed by atoms with Gasteiger partial charge in [0, 0.05) is 11.1 Å². The first kappa shape index (κ1) is 17.0. The third-order valence-electron chi connectivity index (χ3n) is 3.08. The van der Waals surface area contributed by atoms with Crippen LogP contribution in [0.3, 0.4) is 0 Å². The van der Waals surface area contributed by atoms with Gasteiger partial charge in [-0.2, -0.15) is 0 Å². The summed E-state index contributed by atoms with van der Waals surface area (Å²) in [7, 11) is 0. The molecule has 0 saturated carbocycles. The van der Waals surface area contributed by atoms with Gasteiger partial charge >= 0.3 is 29.6 Å². The molecule has 1 unspecified atom stereocenters. The van der Waals surface area contributed by atoms with E-state index in [-0.39, 0.29) is 31.0 Å². The zero-order valence-corrected chi connectivity index (χ0v) is 14.8. The summed E-state index contributed by atoms with van der Waals surface area (Å²) in [4.78, 5) is 0. The van der Waals surface area contributed by atoms with E-state index in [1.54, 1.807) is 12.1 Å². The van der Waals surface area contributed by atoms with Gasteiger partial charge in [0.1, 0.15) is 17.1 Å². The molecule has 3 rings (SSSR count). The summed E-state index contributed by atoms with van der Waals surface area (Å²) in [5, 5.41) is 4.91. The van der Waals surface area contributed by atoms with Crippen molar-refractivity contribution < 1.29 is 43.9 Å². The minimum atomic E-state index is -2.61. The maximum atomic E-state index is 10.8. The summed E-state index contributed by atoms with van der Waals surface area (Å²) in [6.07, 6.45) is 0. The minimum absolute atomic E-state index is 0. The number of hydrogen-bond donors (Lipinski definition) is 1. The molecule has 108 valence electrons. The molecular formula is C16H13NNaO3S-. The third kappa shape index (κ3) is 3.88. The van der Waals surface area contributed by atoms with Gasteiger partial charge in [0.25, 0.3) is 0 Å². The Morgan fingerprint density at radius 3 is 2.32 bits per heavy atom. The first-order valence-corrected chi connectivity index (χ1v) is 7.35. The van der Waals surface area contributed by atoms with Crippen molar-refractivity contribution in [1.82, 2.24) is 0 Å². The van der Waals surface area contributed by atoms with Crippen LogP contribution in [0.4, 0.5) is 11.4 Å². The second-order valence-electron chi connectivity index (χ2n) is 4.44. The fraction of sp³-hybridized carbons (Fsp3) is 0. The number of benzene rings is 3. The van der Waals surface area contributed by atoms with Gasteiger partial charge in [-0.25, -0.2) is 4.21 Å². The Hall–Kier alpha value is -1.37.